The molecule has 14 heavy (non-hydrogen) atoms. The van der Waals surface area contributed by atoms with E-state index in [9.17, 15) is 4.79 Å². The van der Waals surface area contributed by atoms with Crippen molar-refractivity contribution in [1.29, 1.82) is 0 Å². The number of aldehydes is 1. The highest BCUT2D eigenvalue weighted by Gasteiger charge is 2.27. The molecule has 3 heteroatoms. The Hall–Kier alpha value is -1.02. The standard InChI is InChI=1S/C11H12ClNO/c1-2-13-6-8(7-14)10-5-9(12)3-4-11(10)13/h3-5,7-8H,2,6H2,1H3. The van der Waals surface area contributed by atoms with Crippen LogP contribution < -0.4 is 4.90 Å². The molecule has 0 saturated carbocycles. The lowest BCUT2D eigenvalue weighted by Crippen LogP contribution is -2.21. The number of hydrogen-bond acceptors (Lipinski definition) is 2. The molecule has 2 rings (SSSR count). The summed E-state index contributed by atoms with van der Waals surface area (Å²) < 4.78 is 0. The Balaban J connectivity index is 2.47. The van der Waals surface area contributed by atoms with Crippen LogP contribution in [0.4, 0.5) is 5.69 Å². The summed E-state index contributed by atoms with van der Waals surface area (Å²) in [6.45, 7) is 3.81. The van der Waals surface area contributed by atoms with E-state index in [4.69, 9.17) is 11.6 Å². The molecule has 0 saturated heterocycles. The topological polar surface area (TPSA) is 20.3 Å². The summed E-state index contributed by atoms with van der Waals surface area (Å²) in [4.78, 5) is 13.1. The van der Waals surface area contributed by atoms with E-state index < -0.39 is 0 Å². The number of carbonyl (C=O) groups is 1. The minimum absolute atomic E-state index is 0.0105. The highest BCUT2D eigenvalue weighted by atomic mass is 35.5. The van der Waals surface area contributed by atoms with Crippen molar-refractivity contribution >= 4 is 23.6 Å². The lowest BCUT2D eigenvalue weighted by molar-refractivity contribution is -0.108. The summed E-state index contributed by atoms with van der Waals surface area (Å²) >= 11 is 5.90. The second-order valence-electron chi connectivity index (χ2n) is 3.48. The number of fused-ring (bicyclic) bond motifs is 1. The van der Waals surface area contributed by atoms with Gasteiger partial charge in [0, 0.05) is 23.8 Å². The first-order valence-electron chi connectivity index (χ1n) is 4.76. The van der Waals surface area contributed by atoms with Crippen molar-refractivity contribution < 1.29 is 4.79 Å². The maximum absolute atomic E-state index is 10.9. The SMILES string of the molecule is CCN1CC(C=O)c2cc(Cl)ccc21. The zero-order valence-corrected chi connectivity index (χ0v) is 8.79. The zero-order chi connectivity index (χ0) is 10.1. The molecule has 1 unspecified atom stereocenters. The van der Waals surface area contributed by atoms with E-state index in [1.165, 1.54) is 0 Å². The predicted octanol–water partition coefficient (Wildman–Crippen LogP) is 2.46. The van der Waals surface area contributed by atoms with Crippen molar-refractivity contribution in [3.8, 4) is 0 Å². The van der Waals surface area contributed by atoms with Crippen LogP contribution in [-0.4, -0.2) is 19.4 Å². The molecule has 1 aromatic rings. The van der Waals surface area contributed by atoms with Gasteiger partial charge in [-0.3, -0.25) is 0 Å². The van der Waals surface area contributed by atoms with Gasteiger partial charge in [-0.2, -0.15) is 0 Å². The maximum Gasteiger partial charge on any atom is 0.129 e. The molecule has 1 aliphatic rings. The molecule has 2 nitrogen and oxygen atoms in total. The molecule has 0 bridgehead atoms. The molecule has 1 heterocycles. The largest absolute Gasteiger partial charge is 0.371 e. The molecule has 0 aliphatic carbocycles. The van der Waals surface area contributed by atoms with Crippen LogP contribution in [0, 0.1) is 0 Å². The Morgan fingerprint density at radius 3 is 3.07 bits per heavy atom. The van der Waals surface area contributed by atoms with Crippen molar-refractivity contribution in [2.24, 2.45) is 0 Å². The molecular formula is C11H12ClNO. The number of carbonyl (C=O) groups excluding carboxylic acids is 1. The molecule has 0 N–H and O–H groups in total. The molecule has 0 aromatic heterocycles. The third-order valence-corrected chi connectivity index (χ3v) is 2.93. The van der Waals surface area contributed by atoms with E-state index in [2.05, 4.69) is 11.8 Å². The molecule has 0 spiro atoms. The van der Waals surface area contributed by atoms with Gasteiger partial charge in [0.05, 0.1) is 5.92 Å². The highest BCUT2D eigenvalue weighted by molar-refractivity contribution is 6.30. The Labute approximate surface area is 88.5 Å². The van der Waals surface area contributed by atoms with E-state index in [0.717, 1.165) is 30.6 Å². The highest BCUT2D eigenvalue weighted by Crippen LogP contribution is 2.36. The van der Waals surface area contributed by atoms with Gasteiger partial charge in [0.1, 0.15) is 6.29 Å². The van der Waals surface area contributed by atoms with Gasteiger partial charge in [-0.1, -0.05) is 11.6 Å². The van der Waals surface area contributed by atoms with Gasteiger partial charge >= 0.3 is 0 Å². The number of benzene rings is 1. The van der Waals surface area contributed by atoms with Crippen molar-refractivity contribution in [2.75, 3.05) is 18.0 Å². The molecular weight excluding hydrogens is 198 g/mol. The van der Waals surface area contributed by atoms with Gasteiger partial charge in [-0.15, -0.1) is 0 Å². The van der Waals surface area contributed by atoms with Gasteiger partial charge in [-0.05, 0) is 30.7 Å². The van der Waals surface area contributed by atoms with Crippen LogP contribution in [0.3, 0.4) is 0 Å². The number of likely N-dealkylation sites (N-methyl/N-ethyl adjacent to an activating group) is 1. The minimum Gasteiger partial charge on any atom is -0.371 e. The van der Waals surface area contributed by atoms with Crippen molar-refractivity contribution in [2.45, 2.75) is 12.8 Å². The van der Waals surface area contributed by atoms with Crippen molar-refractivity contribution in [1.82, 2.24) is 0 Å². The van der Waals surface area contributed by atoms with E-state index in [-0.39, 0.29) is 5.92 Å². The lowest BCUT2D eigenvalue weighted by atomic mass is 10.0. The van der Waals surface area contributed by atoms with Gasteiger partial charge in [0.2, 0.25) is 0 Å². The van der Waals surface area contributed by atoms with E-state index >= 15 is 0 Å². The summed E-state index contributed by atoms with van der Waals surface area (Å²) in [6.07, 6.45) is 1.00. The quantitative estimate of drug-likeness (QED) is 0.698. The van der Waals surface area contributed by atoms with Gasteiger partial charge in [0.15, 0.2) is 0 Å². The van der Waals surface area contributed by atoms with Crippen LogP contribution in [0.1, 0.15) is 18.4 Å². The summed E-state index contributed by atoms with van der Waals surface area (Å²) in [6, 6.07) is 5.76. The third-order valence-electron chi connectivity index (χ3n) is 2.69. The first-order chi connectivity index (χ1) is 6.76. The zero-order valence-electron chi connectivity index (χ0n) is 8.03. The second kappa shape index (κ2) is 3.62. The smallest absolute Gasteiger partial charge is 0.129 e. The van der Waals surface area contributed by atoms with Gasteiger partial charge in [0.25, 0.3) is 0 Å². The minimum atomic E-state index is -0.0105. The van der Waals surface area contributed by atoms with Gasteiger partial charge < -0.3 is 9.69 Å². The normalized spacial score (nSPS) is 19.6. The fourth-order valence-electron chi connectivity index (χ4n) is 1.96. The number of hydrogen-bond donors (Lipinski definition) is 0. The molecule has 1 aromatic carbocycles. The van der Waals surface area contributed by atoms with Gasteiger partial charge in [-0.25, -0.2) is 0 Å². The lowest BCUT2D eigenvalue weighted by Gasteiger charge is -2.16. The number of halogens is 1. The molecule has 74 valence electrons. The molecule has 1 aliphatic heterocycles. The predicted molar refractivity (Wildman–Crippen MR) is 58.1 cm³/mol. The van der Waals surface area contributed by atoms with Crippen LogP contribution in [0.15, 0.2) is 18.2 Å². The Bertz CT molecular complexity index is 364. The van der Waals surface area contributed by atoms with Crippen LogP contribution >= 0.6 is 11.6 Å². The average molecular weight is 210 g/mol. The summed E-state index contributed by atoms with van der Waals surface area (Å²) in [5, 5.41) is 0.702. The summed E-state index contributed by atoms with van der Waals surface area (Å²) in [5.41, 5.74) is 2.21. The van der Waals surface area contributed by atoms with E-state index in [1.807, 2.05) is 18.2 Å². The molecule has 0 amide bonds. The maximum atomic E-state index is 10.9. The molecule has 0 fully saturated rings. The van der Waals surface area contributed by atoms with Crippen LogP contribution in [0.5, 0.6) is 0 Å². The molecule has 0 radical (unpaired) electrons. The summed E-state index contributed by atoms with van der Waals surface area (Å²) in [5.74, 6) is -0.0105. The first kappa shape index (κ1) is 9.53. The second-order valence-corrected chi connectivity index (χ2v) is 3.92. The van der Waals surface area contributed by atoms with E-state index in [1.54, 1.807) is 0 Å². The first-order valence-corrected chi connectivity index (χ1v) is 5.13. The Kier molecular flexibility index (Phi) is 2.46. The van der Waals surface area contributed by atoms with Crippen molar-refractivity contribution in [3.63, 3.8) is 0 Å². The van der Waals surface area contributed by atoms with Crippen LogP contribution in [0.25, 0.3) is 0 Å². The Morgan fingerprint density at radius 1 is 1.64 bits per heavy atom. The van der Waals surface area contributed by atoms with E-state index in [0.29, 0.717) is 5.02 Å². The summed E-state index contributed by atoms with van der Waals surface area (Å²) in [7, 11) is 0. The van der Waals surface area contributed by atoms with Crippen LogP contribution in [-0.2, 0) is 4.79 Å². The number of nitrogens with zero attached hydrogens (tertiary/aromatic N) is 1. The Morgan fingerprint density at radius 2 is 2.43 bits per heavy atom. The number of anilines is 1. The fraction of sp³-hybridized carbons (Fsp3) is 0.364. The van der Waals surface area contributed by atoms with Crippen LogP contribution in [0.2, 0.25) is 5.02 Å². The monoisotopic (exact) mass is 209 g/mol. The fourth-order valence-corrected chi connectivity index (χ4v) is 2.14. The average Bonchev–Trinajstić information content (AvgIpc) is 2.55. The third kappa shape index (κ3) is 1.40. The molecule has 1 atom stereocenters. The van der Waals surface area contributed by atoms with Crippen molar-refractivity contribution in [3.05, 3.63) is 28.8 Å². The number of rotatable bonds is 2.